The number of ether oxygens (including phenoxy) is 2. The minimum atomic E-state index is -0.539. The molecule has 0 aromatic carbocycles. The molecule has 0 saturated carbocycles. The molecule has 1 aromatic rings. The second-order valence-corrected chi connectivity index (χ2v) is 3.57. The summed E-state index contributed by atoms with van der Waals surface area (Å²) in [6.45, 7) is 5.66. The summed E-state index contributed by atoms with van der Waals surface area (Å²) in [5.74, 6) is -0.413. The fraction of sp³-hybridized carbons (Fsp3) is 0.500. The Morgan fingerprint density at radius 2 is 2.25 bits per heavy atom. The van der Waals surface area contributed by atoms with E-state index in [1.165, 1.54) is 6.20 Å². The highest BCUT2D eigenvalue weighted by Gasteiger charge is 2.13. The highest BCUT2D eigenvalue weighted by atomic mass is 16.7. The summed E-state index contributed by atoms with van der Waals surface area (Å²) in [5.41, 5.74) is 0.433. The van der Waals surface area contributed by atoms with Crippen molar-refractivity contribution in [3.05, 3.63) is 30.1 Å². The third kappa shape index (κ3) is 3.98. The molecular weight excluding hydrogens is 206 g/mol. The van der Waals surface area contributed by atoms with Crippen molar-refractivity contribution < 1.29 is 14.3 Å². The first-order chi connectivity index (χ1) is 7.63. The summed E-state index contributed by atoms with van der Waals surface area (Å²) in [6.07, 6.45) is 3.50. The van der Waals surface area contributed by atoms with Gasteiger partial charge in [0.2, 0.25) is 6.29 Å². The lowest BCUT2D eigenvalue weighted by atomic mass is 10.3. The maximum absolute atomic E-state index is 11.6. The van der Waals surface area contributed by atoms with Crippen LogP contribution in [0.5, 0.6) is 0 Å². The predicted molar refractivity (Wildman–Crippen MR) is 60.0 cm³/mol. The average molecular weight is 223 g/mol. The van der Waals surface area contributed by atoms with E-state index in [9.17, 15) is 4.79 Å². The Bertz CT molecular complexity index is 326. The van der Waals surface area contributed by atoms with Gasteiger partial charge in [-0.15, -0.1) is 0 Å². The zero-order chi connectivity index (χ0) is 12.0. The van der Waals surface area contributed by atoms with Crippen LogP contribution in [0, 0.1) is 0 Å². The number of hydrogen-bond donors (Lipinski definition) is 0. The largest absolute Gasteiger partial charge is 0.432 e. The molecule has 0 aliphatic carbocycles. The molecule has 0 aliphatic heterocycles. The highest BCUT2D eigenvalue weighted by Crippen LogP contribution is 2.06. The standard InChI is InChI=1S/C12H17NO3/c1-4-9(2)15-10(3)16-12(14)11-6-5-7-13-8-11/h5-10H,4H2,1-3H3. The Morgan fingerprint density at radius 3 is 2.81 bits per heavy atom. The molecule has 0 bridgehead atoms. The van der Waals surface area contributed by atoms with E-state index in [1.807, 2.05) is 13.8 Å². The minimum Gasteiger partial charge on any atom is -0.432 e. The van der Waals surface area contributed by atoms with E-state index in [0.717, 1.165) is 6.42 Å². The van der Waals surface area contributed by atoms with Crippen molar-refractivity contribution in [3.8, 4) is 0 Å². The van der Waals surface area contributed by atoms with Crippen molar-refractivity contribution in [2.45, 2.75) is 39.6 Å². The zero-order valence-electron chi connectivity index (χ0n) is 9.84. The van der Waals surface area contributed by atoms with Crippen LogP contribution in [0.2, 0.25) is 0 Å². The Morgan fingerprint density at radius 1 is 1.50 bits per heavy atom. The van der Waals surface area contributed by atoms with Crippen molar-refractivity contribution in [2.24, 2.45) is 0 Å². The molecule has 0 spiro atoms. The van der Waals surface area contributed by atoms with Crippen LogP contribution >= 0.6 is 0 Å². The van der Waals surface area contributed by atoms with Crippen molar-refractivity contribution in [2.75, 3.05) is 0 Å². The minimum absolute atomic E-state index is 0.0803. The molecule has 1 aromatic heterocycles. The monoisotopic (exact) mass is 223 g/mol. The van der Waals surface area contributed by atoms with Crippen LogP contribution in [0.25, 0.3) is 0 Å². The number of pyridine rings is 1. The summed E-state index contributed by atoms with van der Waals surface area (Å²) >= 11 is 0. The Hall–Kier alpha value is -1.42. The predicted octanol–water partition coefficient (Wildman–Crippen LogP) is 2.40. The topological polar surface area (TPSA) is 48.4 Å². The second kappa shape index (κ2) is 6.23. The maximum atomic E-state index is 11.6. The van der Waals surface area contributed by atoms with Gasteiger partial charge < -0.3 is 9.47 Å². The van der Waals surface area contributed by atoms with E-state index in [1.54, 1.807) is 25.3 Å². The number of hydrogen-bond acceptors (Lipinski definition) is 4. The van der Waals surface area contributed by atoms with Crippen LogP contribution < -0.4 is 0 Å². The van der Waals surface area contributed by atoms with Gasteiger partial charge in [0, 0.05) is 12.4 Å². The second-order valence-electron chi connectivity index (χ2n) is 3.57. The summed E-state index contributed by atoms with van der Waals surface area (Å²) in [7, 11) is 0. The van der Waals surface area contributed by atoms with Crippen LogP contribution in [0.4, 0.5) is 0 Å². The fourth-order valence-electron chi connectivity index (χ4n) is 1.15. The normalized spacial score (nSPS) is 14.2. The van der Waals surface area contributed by atoms with Crippen LogP contribution in [-0.4, -0.2) is 23.3 Å². The lowest BCUT2D eigenvalue weighted by molar-refractivity contribution is -0.126. The number of carbonyl (C=O) groups excluding carboxylic acids is 1. The van der Waals surface area contributed by atoms with Gasteiger partial charge in [-0.25, -0.2) is 4.79 Å². The molecule has 0 aliphatic rings. The van der Waals surface area contributed by atoms with Crippen molar-refractivity contribution >= 4 is 5.97 Å². The van der Waals surface area contributed by atoms with Gasteiger partial charge in [0.05, 0.1) is 11.7 Å². The number of esters is 1. The number of carbonyl (C=O) groups is 1. The molecule has 0 saturated heterocycles. The third-order valence-corrected chi connectivity index (χ3v) is 2.17. The van der Waals surface area contributed by atoms with Gasteiger partial charge in [0.1, 0.15) is 0 Å². The Balaban J connectivity index is 2.46. The molecule has 4 nitrogen and oxygen atoms in total. The van der Waals surface area contributed by atoms with Crippen LogP contribution in [0.15, 0.2) is 24.5 Å². The first kappa shape index (κ1) is 12.6. The van der Waals surface area contributed by atoms with Crippen molar-refractivity contribution in [3.63, 3.8) is 0 Å². The van der Waals surface area contributed by atoms with Crippen molar-refractivity contribution in [1.82, 2.24) is 4.98 Å². The summed E-state index contributed by atoms with van der Waals surface area (Å²) in [4.78, 5) is 15.4. The van der Waals surface area contributed by atoms with Gasteiger partial charge >= 0.3 is 5.97 Å². The third-order valence-electron chi connectivity index (χ3n) is 2.17. The zero-order valence-corrected chi connectivity index (χ0v) is 9.84. The molecule has 88 valence electrons. The van der Waals surface area contributed by atoms with Crippen LogP contribution in [0.3, 0.4) is 0 Å². The molecule has 1 heterocycles. The van der Waals surface area contributed by atoms with E-state index >= 15 is 0 Å². The molecular formula is C12H17NO3. The molecule has 0 radical (unpaired) electrons. The van der Waals surface area contributed by atoms with E-state index < -0.39 is 12.3 Å². The molecule has 0 amide bonds. The summed E-state index contributed by atoms with van der Waals surface area (Å²) in [6, 6.07) is 3.35. The van der Waals surface area contributed by atoms with Crippen molar-refractivity contribution in [1.29, 1.82) is 0 Å². The van der Waals surface area contributed by atoms with E-state index in [0.29, 0.717) is 5.56 Å². The first-order valence-electron chi connectivity index (χ1n) is 5.40. The lowest BCUT2D eigenvalue weighted by Gasteiger charge is -2.18. The van der Waals surface area contributed by atoms with Crippen LogP contribution in [0.1, 0.15) is 37.6 Å². The van der Waals surface area contributed by atoms with E-state index in [2.05, 4.69) is 4.98 Å². The lowest BCUT2D eigenvalue weighted by Crippen LogP contribution is -2.22. The smallest absolute Gasteiger partial charge is 0.341 e. The molecule has 0 fully saturated rings. The van der Waals surface area contributed by atoms with Gasteiger partial charge in [-0.3, -0.25) is 4.98 Å². The molecule has 0 N–H and O–H groups in total. The van der Waals surface area contributed by atoms with Gasteiger partial charge in [0.25, 0.3) is 0 Å². The van der Waals surface area contributed by atoms with E-state index in [-0.39, 0.29) is 6.10 Å². The highest BCUT2D eigenvalue weighted by molar-refractivity contribution is 5.88. The summed E-state index contributed by atoms with van der Waals surface area (Å²) in [5, 5.41) is 0. The van der Waals surface area contributed by atoms with Gasteiger partial charge in [-0.05, 0) is 32.4 Å². The van der Waals surface area contributed by atoms with E-state index in [4.69, 9.17) is 9.47 Å². The van der Waals surface area contributed by atoms with Gasteiger partial charge in [-0.1, -0.05) is 6.92 Å². The number of aromatic nitrogens is 1. The van der Waals surface area contributed by atoms with Gasteiger partial charge in [0.15, 0.2) is 0 Å². The molecule has 2 unspecified atom stereocenters. The Kier molecular flexibility index (Phi) is 4.92. The summed E-state index contributed by atoms with van der Waals surface area (Å²) < 4.78 is 10.5. The molecule has 16 heavy (non-hydrogen) atoms. The van der Waals surface area contributed by atoms with Gasteiger partial charge in [-0.2, -0.15) is 0 Å². The SMILES string of the molecule is CCC(C)OC(C)OC(=O)c1cccnc1. The number of rotatable bonds is 5. The number of nitrogens with zero attached hydrogens (tertiary/aromatic N) is 1. The maximum Gasteiger partial charge on any atom is 0.341 e. The molecule has 4 heteroatoms. The average Bonchev–Trinajstić information content (AvgIpc) is 2.29. The molecule has 2 atom stereocenters. The molecule has 1 rings (SSSR count). The first-order valence-corrected chi connectivity index (χ1v) is 5.40. The fourth-order valence-corrected chi connectivity index (χ4v) is 1.15. The van der Waals surface area contributed by atoms with Crippen LogP contribution in [-0.2, 0) is 9.47 Å². The quantitative estimate of drug-likeness (QED) is 0.568. The Labute approximate surface area is 95.6 Å².